The summed E-state index contributed by atoms with van der Waals surface area (Å²) in [6, 6.07) is 1.42. The van der Waals surface area contributed by atoms with E-state index in [1.165, 1.54) is 6.07 Å². The van der Waals surface area contributed by atoms with E-state index in [-0.39, 0.29) is 17.6 Å². The van der Waals surface area contributed by atoms with Crippen molar-refractivity contribution in [3.05, 3.63) is 22.2 Å². The third-order valence-corrected chi connectivity index (χ3v) is 3.31. The predicted molar refractivity (Wildman–Crippen MR) is 70.0 cm³/mol. The highest BCUT2D eigenvalue weighted by atomic mass is 16.5. The van der Waals surface area contributed by atoms with E-state index in [9.17, 15) is 4.79 Å². The Labute approximate surface area is 107 Å². The molecule has 1 fully saturated rings. The fourth-order valence-corrected chi connectivity index (χ4v) is 2.06. The monoisotopic (exact) mass is 251 g/mol. The summed E-state index contributed by atoms with van der Waals surface area (Å²) in [6.07, 6.45) is 1.18. The number of rotatable bonds is 3. The summed E-state index contributed by atoms with van der Waals surface area (Å²) >= 11 is 0. The van der Waals surface area contributed by atoms with Crippen LogP contribution in [0.15, 0.2) is 10.9 Å². The summed E-state index contributed by atoms with van der Waals surface area (Å²) in [4.78, 5) is 18.6. The van der Waals surface area contributed by atoms with E-state index in [1.807, 2.05) is 13.8 Å². The van der Waals surface area contributed by atoms with Crippen molar-refractivity contribution in [1.29, 1.82) is 0 Å². The van der Waals surface area contributed by atoms with E-state index in [2.05, 4.69) is 22.2 Å². The van der Waals surface area contributed by atoms with Crippen molar-refractivity contribution in [2.45, 2.75) is 39.2 Å². The molecule has 0 amide bonds. The van der Waals surface area contributed by atoms with Gasteiger partial charge < -0.3 is 15.0 Å². The van der Waals surface area contributed by atoms with Crippen molar-refractivity contribution in [2.75, 3.05) is 13.1 Å². The first-order valence-electron chi connectivity index (χ1n) is 6.55. The second-order valence-electron chi connectivity index (χ2n) is 5.25. The molecule has 2 rings (SSSR count). The summed E-state index contributed by atoms with van der Waals surface area (Å²) in [5, 5.41) is 3.30. The summed E-state index contributed by atoms with van der Waals surface area (Å²) in [7, 11) is 0. The minimum absolute atomic E-state index is 0.0908. The highest BCUT2D eigenvalue weighted by Gasteiger charge is 2.23. The quantitative estimate of drug-likeness (QED) is 0.849. The minimum atomic E-state index is -0.153. The average Bonchev–Trinajstić information content (AvgIpc) is 2.31. The Bertz CT molecular complexity index is 456. The van der Waals surface area contributed by atoms with Gasteiger partial charge in [0.15, 0.2) is 0 Å². The van der Waals surface area contributed by atoms with E-state index in [1.54, 1.807) is 0 Å². The Hall–Kier alpha value is -1.36. The molecule has 2 atom stereocenters. The third kappa shape index (κ3) is 3.10. The zero-order chi connectivity index (χ0) is 13.1. The molecule has 0 bridgehead atoms. The van der Waals surface area contributed by atoms with Gasteiger partial charge in [0.2, 0.25) is 5.88 Å². The largest absolute Gasteiger partial charge is 0.473 e. The maximum absolute atomic E-state index is 11.5. The molecule has 1 aromatic rings. The van der Waals surface area contributed by atoms with Gasteiger partial charge in [0, 0.05) is 12.5 Å². The lowest BCUT2D eigenvalue weighted by Gasteiger charge is -2.29. The molecule has 2 heterocycles. The van der Waals surface area contributed by atoms with Gasteiger partial charge in [-0.25, -0.2) is 0 Å². The molecule has 2 unspecified atom stereocenters. The lowest BCUT2D eigenvalue weighted by Crippen LogP contribution is -2.43. The highest BCUT2D eigenvalue weighted by molar-refractivity contribution is 5.11. The first-order chi connectivity index (χ1) is 8.56. The average molecular weight is 251 g/mol. The molecule has 0 aromatic carbocycles. The molecule has 0 aliphatic carbocycles. The number of ether oxygens (including phenoxy) is 1. The highest BCUT2D eigenvalue weighted by Crippen LogP contribution is 2.18. The summed E-state index contributed by atoms with van der Waals surface area (Å²) in [5.74, 6) is 1.77. The van der Waals surface area contributed by atoms with Gasteiger partial charge in [0.25, 0.3) is 5.56 Å². The maximum Gasteiger partial charge on any atom is 0.254 e. The fourth-order valence-electron chi connectivity index (χ4n) is 2.06. The molecule has 18 heavy (non-hydrogen) atoms. The van der Waals surface area contributed by atoms with Crippen molar-refractivity contribution in [3.63, 3.8) is 0 Å². The first kappa shape index (κ1) is 13.1. The van der Waals surface area contributed by atoms with Crippen molar-refractivity contribution >= 4 is 0 Å². The standard InChI is InChI=1S/C13H21N3O2/c1-8(2)13-15-11(17)6-12(16-13)18-10-7-14-5-4-9(10)3/h6,8-10,14H,4-5,7H2,1-3H3,(H,15,16,17). The van der Waals surface area contributed by atoms with Gasteiger partial charge in [0.1, 0.15) is 11.9 Å². The molecule has 5 nitrogen and oxygen atoms in total. The van der Waals surface area contributed by atoms with Crippen LogP contribution in [0.2, 0.25) is 0 Å². The van der Waals surface area contributed by atoms with Gasteiger partial charge >= 0.3 is 0 Å². The van der Waals surface area contributed by atoms with E-state index >= 15 is 0 Å². The summed E-state index contributed by atoms with van der Waals surface area (Å²) < 4.78 is 5.85. The second kappa shape index (κ2) is 5.52. The first-order valence-corrected chi connectivity index (χ1v) is 6.55. The summed E-state index contributed by atoms with van der Waals surface area (Å²) in [5.41, 5.74) is -0.153. The molecule has 0 saturated carbocycles. The summed E-state index contributed by atoms with van der Waals surface area (Å²) in [6.45, 7) is 8.00. The molecular formula is C13H21N3O2. The zero-order valence-corrected chi connectivity index (χ0v) is 11.2. The number of hydrogen-bond donors (Lipinski definition) is 2. The number of nitrogens with one attached hydrogen (secondary N) is 2. The number of nitrogens with zero attached hydrogens (tertiary/aromatic N) is 1. The van der Waals surface area contributed by atoms with Crippen LogP contribution in [-0.2, 0) is 0 Å². The normalized spacial score (nSPS) is 24.2. The van der Waals surface area contributed by atoms with Crippen LogP contribution < -0.4 is 15.6 Å². The molecule has 5 heteroatoms. The molecule has 2 N–H and O–H groups in total. The van der Waals surface area contributed by atoms with Gasteiger partial charge in [-0.2, -0.15) is 4.98 Å². The van der Waals surface area contributed by atoms with Crippen LogP contribution in [0, 0.1) is 5.92 Å². The van der Waals surface area contributed by atoms with Crippen LogP contribution in [0.25, 0.3) is 0 Å². The number of H-pyrrole nitrogens is 1. The lowest BCUT2D eigenvalue weighted by atomic mass is 9.97. The number of hydrogen-bond acceptors (Lipinski definition) is 4. The van der Waals surface area contributed by atoms with Gasteiger partial charge in [0.05, 0.1) is 6.07 Å². The maximum atomic E-state index is 11.5. The fraction of sp³-hybridized carbons (Fsp3) is 0.692. The second-order valence-corrected chi connectivity index (χ2v) is 5.25. The molecule has 1 aliphatic heterocycles. The molecule has 1 aromatic heterocycles. The zero-order valence-electron chi connectivity index (χ0n) is 11.2. The molecule has 1 saturated heterocycles. The van der Waals surface area contributed by atoms with E-state index < -0.39 is 0 Å². The van der Waals surface area contributed by atoms with Crippen LogP contribution in [-0.4, -0.2) is 29.2 Å². The Morgan fingerprint density at radius 3 is 2.94 bits per heavy atom. The number of piperidine rings is 1. The molecule has 0 spiro atoms. The SMILES string of the molecule is CC(C)c1nc(OC2CNCCC2C)cc(=O)[nH]1. The van der Waals surface area contributed by atoms with Crippen LogP contribution in [0.3, 0.4) is 0 Å². The molecule has 1 aliphatic rings. The molecular weight excluding hydrogens is 230 g/mol. The number of aromatic amines is 1. The lowest BCUT2D eigenvalue weighted by molar-refractivity contribution is 0.109. The number of aromatic nitrogens is 2. The smallest absolute Gasteiger partial charge is 0.254 e. The van der Waals surface area contributed by atoms with Crippen molar-refractivity contribution in [1.82, 2.24) is 15.3 Å². The van der Waals surface area contributed by atoms with Crippen LogP contribution >= 0.6 is 0 Å². The topological polar surface area (TPSA) is 67.0 Å². The van der Waals surface area contributed by atoms with Crippen molar-refractivity contribution in [2.24, 2.45) is 5.92 Å². The van der Waals surface area contributed by atoms with E-state index in [0.717, 1.165) is 19.5 Å². The van der Waals surface area contributed by atoms with Crippen molar-refractivity contribution in [3.8, 4) is 5.88 Å². The van der Waals surface area contributed by atoms with Crippen LogP contribution in [0.5, 0.6) is 5.88 Å². The molecule has 100 valence electrons. The van der Waals surface area contributed by atoms with Gasteiger partial charge in [-0.15, -0.1) is 0 Å². The van der Waals surface area contributed by atoms with Gasteiger partial charge in [-0.05, 0) is 18.9 Å². The van der Waals surface area contributed by atoms with Crippen LogP contribution in [0.1, 0.15) is 38.9 Å². The van der Waals surface area contributed by atoms with E-state index in [0.29, 0.717) is 17.6 Å². The van der Waals surface area contributed by atoms with E-state index in [4.69, 9.17) is 4.74 Å². The molecule has 0 radical (unpaired) electrons. The van der Waals surface area contributed by atoms with Crippen molar-refractivity contribution < 1.29 is 4.74 Å². The van der Waals surface area contributed by atoms with Gasteiger partial charge in [-0.3, -0.25) is 4.79 Å². The Morgan fingerprint density at radius 2 is 2.28 bits per heavy atom. The third-order valence-electron chi connectivity index (χ3n) is 3.31. The predicted octanol–water partition coefficient (Wildman–Crippen LogP) is 1.27. The van der Waals surface area contributed by atoms with Crippen LogP contribution in [0.4, 0.5) is 0 Å². The van der Waals surface area contributed by atoms with Gasteiger partial charge in [-0.1, -0.05) is 20.8 Å². The minimum Gasteiger partial charge on any atom is -0.473 e. The Balaban J connectivity index is 2.15. The Morgan fingerprint density at radius 1 is 1.50 bits per heavy atom. The Kier molecular flexibility index (Phi) is 4.01.